The minimum absolute atomic E-state index is 0.331. The fourth-order valence-corrected chi connectivity index (χ4v) is 2.43. The molecule has 2 aromatic heterocycles. The molecule has 0 saturated carbocycles. The summed E-state index contributed by atoms with van der Waals surface area (Å²) in [5, 5.41) is 0.756. The lowest BCUT2D eigenvalue weighted by atomic mass is 10.2. The van der Waals surface area contributed by atoms with E-state index >= 15 is 0 Å². The van der Waals surface area contributed by atoms with Crippen molar-refractivity contribution in [2.75, 3.05) is 6.61 Å². The van der Waals surface area contributed by atoms with Crippen molar-refractivity contribution in [3.05, 3.63) is 28.4 Å². The maximum atomic E-state index is 11.5. The van der Waals surface area contributed by atoms with E-state index in [1.165, 1.54) is 11.3 Å². The maximum Gasteiger partial charge on any atom is 0.357 e. The molecule has 0 aliphatic heterocycles. The molecule has 3 nitrogen and oxygen atoms in total. The Kier molecular flexibility index (Phi) is 2.88. The van der Waals surface area contributed by atoms with Gasteiger partial charge in [0.1, 0.15) is 0 Å². The Morgan fingerprint density at radius 2 is 2.47 bits per heavy atom. The van der Waals surface area contributed by atoms with Gasteiger partial charge in [-0.1, -0.05) is 11.6 Å². The van der Waals surface area contributed by atoms with Crippen molar-refractivity contribution in [1.29, 1.82) is 0 Å². The van der Waals surface area contributed by atoms with Crippen LogP contribution in [0.2, 0.25) is 4.34 Å². The standard InChI is InChI=1S/C10H8ClNO2S/c1-2-14-10(13)9-6-5-8(11)15-7(6)3-4-12-9/h3-5H,2H2,1H3. The number of hydrogen-bond acceptors (Lipinski definition) is 4. The summed E-state index contributed by atoms with van der Waals surface area (Å²) >= 11 is 7.29. The van der Waals surface area contributed by atoms with Gasteiger partial charge < -0.3 is 4.74 Å². The van der Waals surface area contributed by atoms with Crippen molar-refractivity contribution in [1.82, 2.24) is 4.98 Å². The average molecular weight is 242 g/mol. The molecule has 2 aromatic rings. The lowest BCUT2D eigenvalue weighted by Gasteiger charge is -2.01. The van der Waals surface area contributed by atoms with Crippen molar-refractivity contribution in [2.45, 2.75) is 6.92 Å². The Bertz CT molecular complexity index is 509. The predicted molar refractivity (Wildman–Crippen MR) is 60.6 cm³/mol. The van der Waals surface area contributed by atoms with Crippen LogP contribution in [0.5, 0.6) is 0 Å². The summed E-state index contributed by atoms with van der Waals surface area (Å²) < 4.78 is 6.49. The van der Waals surface area contributed by atoms with Crippen molar-refractivity contribution in [3.63, 3.8) is 0 Å². The number of aromatic nitrogens is 1. The average Bonchev–Trinajstić information content (AvgIpc) is 2.57. The fraction of sp³-hybridized carbons (Fsp3) is 0.200. The number of thiophene rings is 1. The molecule has 2 rings (SSSR count). The van der Waals surface area contributed by atoms with Gasteiger partial charge in [-0.3, -0.25) is 0 Å². The van der Waals surface area contributed by atoms with Gasteiger partial charge in [-0.15, -0.1) is 11.3 Å². The summed E-state index contributed by atoms with van der Waals surface area (Å²) in [7, 11) is 0. The second kappa shape index (κ2) is 4.16. The van der Waals surface area contributed by atoms with Gasteiger partial charge in [-0.25, -0.2) is 9.78 Å². The number of fused-ring (bicyclic) bond motifs is 1. The van der Waals surface area contributed by atoms with Crippen LogP contribution in [0, 0.1) is 0 Å². The first-order valence-electron chi connectivity index (χ1n) is 4.43. The topological polar surface area (TPSA) is 39.2 Å². The molecule has 0 radical (unpaired) electrons. The molecule has 0 unspecified atom stereocenters. The number of rotatable bonds is 2. The molecule has 2 heterocycles. The van der Waals surface area contributed by atoms with Gasteiger partial charge in [0.15, 0.2) is 5.69 Å². The minimum atomic E-state index is -0.405. The van der Waals surface area contributed by atoms with E-state index in [4.69, 9.17) is 16.3 Å². The molecule has 0 aliphatic carbocycles. The normalized spacial score (nSPS) is 10.5. The molecule has 0 spiro atoms. The number of halogens is 1. The zero-order chi connectivity index (χ0) is 10.8. The quantitative estimate of drug-likeness (QED) is 0.759. The molecular formula is C10H8ClNO2S. The molecule has 5 heteroatoms. The molecule has 15 heavy (non-hydrogen) atoms. The Hall–Kier alpha value is -1.13. The third kappa shape index (κ3) is 1.96. The first kappa shape index (κ1) is 10.4. The first-order chi connectivity index (χ1) is 7.22. The van der Waals surface area contributed by atoms with Gasteiger partial charge in [0.25, 0.3) is 0 Å². The summed E-state index contributed by atoms with van der Waals surface area (Å²) in [6.07, 6.45) is 1.58. The van der Waals surface area contributed by atoms with E-state index < -0.39 is 5.97 Å². The highest BCUT2D eigenvalue weighted by molar-refractivity contribution is 7.22. The zero-order valence-corrected chi connectivity index (χ0v) is 9.56. The Morgan fingerprint density at radius 1 is 1.67 bits per heavy atom. The van der Waals surface area contributed by atoms with Gasteiger partial charge in [-0.2, -0.15) is 0 Å². The van der Waals surface area contributed by atoms with E-state index in [1.54, 1.807) is 19.2 Å². The Morgan fingerprint density at radius 3 is 3.20 bits per heavy atom. The predicted octanol–water partition coefficient (Wildman–Crippen LogP) is 3.13. The number of nitrogens with zero attached hydrogens (tertiary/aromatic N) is 1. The number of esters is 1. The third-order valence-corrected chi connectivity index (χ3v) is 3.11. The van der Waals surface area contributed by atoms with Crippen LogP contribution in [0.25, 0.3) is 10.1 Å². The molecule has 0 saturated heterocycles. The molecule has 0 bridgehead atoms. The summed E-state index contributed by atoms with van der Waals surface area (Å²) in [4.78, 5) is 15.6. The molecule has 0 fully saturated rings. The number of pyridine rings is 1. The van der Waals surface area contributed by atoms with Crippen LogP contribution in [-0.4, -0.2) is 17.6 Å². The lowest BCUT2D eigenvalue weighted by molar-refractivity contribution is 0.0522. The van der Waals surface area contributed by atoms with E-state index in [1.807, 2.05) is 6.07 Å². The second-order valence-corrected chi connectivity index (χ2v) is 4.56. The van der Waals surface area contributed by atoms with E-state index in [2.05, 4.69) is 4.98 Å². The molecular weight excluding hydrogens is 234 g/mol. The molecule has 78 valence electrons. The van der Waals surface area contributed by atoms with E-state index in [0.29, 0.717) is 16.6 Å². The highest BCUT2D eigenvalue weighted by Gasteiger charge is 2.14. The lowest BCUT2D eigenvalue weighted by Crippen LogP contribution is -2.06. The van der Waals surface area contributed by atoms with Crippen LogP contribution in [0.3, 0.4) is 0 Å². The van der Waals surface area contributed by atoms with Gasteiger partial charge >= 0.3 is 5.97 Å². The minimum Gasteiger partial charge on any atom is -0.461 e. The molecule has 0 N–H and O–H groups in total. The van der Waals surface area contributed by atoms with Gasteiger partial charge in [0.05, 0.1) is 10.9 Å². The van der Waals surface area contributed by atoms with E-state index in [0.717, 1.165) is 10.1 Å². The van der Waals surface area contributed by atoms with Crippen LogP contribution in [-0.2, 0) is 4.74 Å². The third-order valence-electron chi connectivity index (χ3n) is 1.88. The van der Waals surface area contributed by atoms with E-state index in [-0.39, 0.29) is 0 Å². The molecule has 0 aliphatic rings. The van der Waals surface area contributed by atoms with Crippen LogP contribution in [0.4, 0.5) is 0 Å². The van der Waals surface area contributed by atoms with Crippen molar-refractivity contribution in [2.24, 2.45) is 0 Å². The number of hydrogen-bond donors (Lipinski definition) is 0. The fourth-order valence-electron chi connectivity index (χ4n) is 1.29. The van der Waals surface area contributed by atoms with Gasteiger partial charge in [0.2, 0.25) is 0 Å². The highest BCUT2D eigenvalue weighted by atomic mass is 35.5. The Balaban J connectivity index is 2.55. The van der Waals surface area contributed by atoms with Gasteiger partial charge in [0, 0.05) is 16.3 Å². The van der Waals surface area contributed by atoms with Crippen LogP contribution >= 0.6 is 22.9 Å². The summed E-state index contributed by atoms with van der Waals surface area (Å²) in [6, 6.07) is 3.56. The van der Waals surface area contributed by atoms with Crippen LogP contribution in [0.1, 0.15) is 17.4 Å². The van der Waals surface area contributed by atoms with Crippen molar-refractivity contribution < 1.29 is 9.53 Å². The van der Waals surface area contributed by atoms with E-state index in [9.17, 15) is 4.79 Å². The van der Waals surface area contributed by atoms with Crippen molar-refractivity contribution >= 4 is 39.0 Å². The van der Waals surface area contributed by atoms with Gasteiger partial charge in [-0.05, 0) is 19.1 Å². The monoisotopic (exact) mass is 241 g/mol. The molecule has 0 aromatic carbocycles. The number of carbonyl (C=O) groups excluding carboxylic acids is 1. The van der Waals surface area contributed by atoms with Crippen molar-refractivity contribution in [3.8, 4) is 0 Å². The van der Waals surface area contributed by atoms with Crippen LogP contribution < -0.4 is 0 Å². The Labute approximate surface area is 95.6 Å². The number of ether oxygens (including phenoxy) is 1. The molecule has 0 amide bonds. The smallest absolute Gasteiger partial charge is 0.357 e. The summed E-state index contributed by atoms with van der Waals surface area (Å²) in [5.74, 6) is -0.405. The second-order valence-electron chi connectivity index (χ2n) is 2.84. The zero-order valence-electron chi connectivity index (χ0n) is 7.99. The first-order valence-corrected chi connectivity index (χ1v) is 5.63. The number of carbonyl (C=O) groups is 1. The van der Waals surface area contributed by atoms with Crippen LogP contribution in [0.15, 0.2) is 18.3 Å². The summed E-state index contributed by atoms with van der Waals surface area (Å²) in [6.45, 7) is 2.10. The highest BCUT2D eigenvalue weighted by Crippen LogP contribution is 2.30. The maximum absolute atomic E-state index is 11.5. The summed E-state index contributed by atoms with van der Waals surface area (Å²) in [5.41, 5.74) is 0.331. The molecule has 0 atom stereocenters. The SMILES string of the molecule is CCOC(=O)c1nccc2sc(Cl)cc12. The largest absolute Gasteiger partial charge is 0.461 e.